The molecule has 1 saturated carbocycles. The Morgan fingerprint density at radius 1 is 1.19 bits per heavy atom. The molecule has 158 valence electrons. The van der Waals surface area contributed by atoms with E-state index < -0.39 is 0 Å². The summed E-state index contributed by atoms with van der Waals surface area (Å²) in [5.41, 5.74) is 3.15. The number of pyridine rings is 1. The van der Waals surface area contributed by atoms with Crippen molar-refractivity contribution >= 4 is 16.6 Å². The van der Waals surface area contributed by atoms with Crippen molar-refractivity contribution in [2.45, 2.75) is 50.7 Å². The number of hydrogen-bond acceptors (Lipinski definition) is 4. The first-order valence-electron chi connectivity index (χ1n) is 11.3. The molecule has 0 saturated heterocycles. The second-order valence-corrected chi connectivity index (χ2v) is 9.57. The molecule has 4 heteroatoms. The molecule has 0 radical (unpaired) electrons. The molecule has 6 rings (SSSR count). The predicted octanol–water partition coefficient (Wildman–Crippen LogP) is 5.26. The molecule has 5 atom stereocenters. The Hall–Kier alpha value is -2.72. The Morgan fingerprint density at radius 2 is 2.10 bits per heavy atom. The average Bonchev–Trinajstić information content (AvgIpc) is 3.11. The highest BCUT2D eigenvalue weighted by Gasteiger charge is 2.57. The van der Waals surface area contributed by atoms with E-state index in [9.17, 15) is 4.79 Å². The third kappa shape index (κ3) is 2.77. The first kappa shape index (κ1) is 19.0. The van der Waals surface area contributed by atoms with E-state index in [1.807, 2.05) is 19.5 Å². The Morgan fingerprint density at radius 3 is 2.97 bits per heavy atom. The molecule has 2 heterocycles. The fourth-order valence-electron chi connectivity index (χ4n) is 6.37. The second-order valence-electron chi connectivity index (χ2n) is 9.57. The van der Waals surface area contributed by atoms with E-state index >= 15 is 0 Å². The van der Waals surface area contributed by atoms with Gasteiger partial charge in [0.15, 0.2) is 5.78 Å². The highest BCUT2D eigenvalue weighted by atomic mass is 16.5. The van der Waals surface area contributed by atoms with Crippen LogP contribution >= 0.6 is 0 Å². The first-order chi connectivity index (χ1) is 15.1. The number of rotatable bonds is 2. The number of carbonyl (C=O) groups is 1. The molecule has 1 aliphatic heterocycles. The number of benzene rings is 1. The fraction of sp³-hybridized carbons (Fsp3) is 0.407. The fourth-order valence-corrected chi connectivity index (χ4v) is 6.37. The third-order valence-corrected chi connectivity index (χ3v) is 7.97. The summed E-state index contributed by atoms with van der Waals surface area (Å²) in [6.45, 7) is 2.35. The van der Waals surface area contributed by atoms with Crippen LogP contribution in [0.15, 0.2) is 71.8 Å². The monoisotopic (exact) mass is 413 g/mol. The van der Waals surface area contributed by atoms with Gasteiger partial charge in [-0.25, -0.2) is 0 Å². The van der Waals surface area contributed by atoms with E-state index in [0.29, 0.717) is 12.3 Å². The highest BCUT2D eigenvalue weighted by Crippen LogP contribution is 2.60. The molecule has 2 aromatic rings. The summed E-state index contributed by atoms with van der Waals surface area (Å²) in [4.78, 5) is 16.7. The Labute approximate surface area is 182 Å². The van der Waals surface area contributed by atoms with Crippen molar-refractivity contribution in [3.05, 3.63) is 77.4 Å². The lowest BCUT2D eigenvalue weighted by molar-refractivity contribution is -0.116. The summed E-state index contributed by atoms with van der Waals surface area (Å²) in [7, 11) is 1.83. The van der Waals surface area contributed by atoms with Crippen molar-refractivity contribution in [1.29, 1.82) is 0 Å². The van der Waals surface area contributed by atoms with Gasteiger partial charge in [0.2, 0.25) is 0 Å². The summed E-state index contributed by atoms with van der Waals surface area (Å²) >= 11 is 0. The van der Waals surface area contributed by atoms with Crippen LogP contribution in [0.5, 0.6) is 0 Å². The number of Topliss-reactive ketones (excluding diaryl/α,β-unsaturated/α-hetero) is 1. The predicted molar refractivity (Wildman–Crippen MR) is 119 cm³/mol. The summed E-state index contributed by atoms with van der Waals surface area (Å²) < 4.78 is 12.6. The molecule has 4 nitrogen and oxygen atoms in total. The van der Waals surface area contributed by atoms with E-state index in [0.717, 1.165) is 41.6 Å². The molecule has 0 spiro atoms. The van der Waals surface area contributed by atoms with Gasteiger partial charge in [0.1, 0.15) is 11.9 Å². The number of methoxy groups -OCH3 is 1. The second kappa shape index (κ2) is 6.89. The number of ether oxygens (including phenoxy) is 2. The molecular formula is C27H27NO3. The molecule has 1 aromatic heterocycles. The van der Waals surface area contributed by atoms with E-state index in [1.165, 1.54) is 10.9 Å². The van der Waals surface area contributed by atoms with Crippen molar-refractivity contribution in [3.8, 4) is 0 Å². The van der Waals surface area contributed by atoms with Crippen LogP contribution in [0.2, 0.25) is 0 Å². The van der Waals surface area contributed by atoms with Crippen LogP contribution in [-0.2, 0) is 14.3 Å². The lowest BCUT2D eigenvalue weighted by atomic mass is 9.64. The Bertz CT molecular complexity index is 1180. The topological polar surface area (TPSA) is 48.4 Å². The molecule has 0 bridgehead atoms. The SMILES string of the molecule is CO[C@@H]1C[C@H]2[C@@H]3OC4=C(C=C3C=C[C@]2(C)[C@H]1c1ccc2cnccc2c1)C(=O)CCC4. The van der Waals surface area contributed by atoms with Gasteiger partial charge in [-0.15, -0.1) is 0 Å². The van der Waals surface area contributed by atoms with Gasteiger partial charge in [0.05, 0.1) is 11.7 Å². The number of carbonyl (C=O) groups excluding carboxylic acids is 1. The smallest absolute Gasteiger partial charge is 0.166 e. The maximum Gasteiger partial charge on any atom is 0.166 e. The Kier molecular flexibility index (Phi) is 4.23. The van der Waals surface area contributed by atoms with Gasteiger partial charge < -0.3 is 9.47 Å². The summed E-state index contributed by atoms with van der Waals surface area (Å²) in [6.07, 6.45) is 13.8. The minimum atomic E-state index is -0.0832. The van der Waals surface area contributed by atoms with Gasteiger partial charge in [-0.3, -0.25) is 9.78 Å². The summed E-state index contributed by atoms with van der Waals surface area (Å²) in [5, 5.41) is 2.36. The number of hydrogen-bond donors (Lipinski definition) is 0. The molecule has 3 aliphatic carbocycles. The maximum absolute atomic E-state index is 12.4. The molecule has 1 fully saturated rings. The van der Waals surface area contributed by atoms with E-state index in [2.05, 4.69) is 54.4 Å². The van der Waals surface area contributed by atoms with Crippen molar-refractivity contribution in [2.75, 3.05) is 7.11 Å². The molecular weight excluding hydrogens is 386 g/mol. The van der Waals surface area contributed by atoms with Gasteiger partial charge in [-0.05, 0) is 41.5 Å². The maximum atomic E-state index is 12.4. The van der Waals surface area contributed by atoms with Crippen LogP contribution in [0.4, 0.5) is 0 Å². The van der Waals surface area contributed by atoms with Crippen LogP contribution in [0.1, 0.15) is 44.1 Å². The van der Waals surface area contributed by atoms with Crippen LogP contribution in [0.3, 0.4) is 0 Å². The molecule has 0 N–H and O–H groups in total. The number of allylic oxidation sites excluding steroid dienone is 4. The quantitative estimate of drug-likeness (QED) is 0.674. The van der Waals surface area contributed by atoms with Gasteiger partial charge >= 0.3 is 0 Å². The van der Waals surface area contributed by atoms with Crippen molar-refractivity contribution in [1.82, 2.24) is 4.98 Å². The van der Waals surface area contributed by atoms with Crippen molar-refractivity contribution < 1.29 is 14.3 Å². The third-order valence-electron chi connectivity index (χ3n) is 7.97. The van der Waals surface area contributed by atoms with Gasteiger partial charge in [0.25, 0.3) is 0 Å². The van der Waals surface area contributed by atoms with Crippen LogP contribution in [-0.4, -0.2) is 30.1 Å². The highest BCUT2D eigenvalue weighted by molar-refractivity contribution is 5.99. The molecule has 4 aliphatic rings. The van der Waals surface area contributed by atoms with Gasteiger partial charge in [0, 0.05) is 55.0 Å². The van der Waals surface area contributed by atoms with Crippen LogP contribution in [0.25, 0.3) is 10.8 Å². The zero-order valence-corrected chi connectivity index (χ0v) is 18.0. The van der Waals surface area contributed by atoms with E-state index in [1.54, 1.807) is 0 Å². The lowest BCUT2D eigenvalue weighted by Gasteiger charge is -2.44. The number of fused-ring (bicyclic) bond motifs is 4. The summed E-state index contributed by atoms with van der Waals surface area (Å²) in [5.74, 6) is 1.67. The van der Waals surface area contributed by atoms with Gasteiger partial charge in [-0.2, -0.15) is 0 Å². The zero-order valence-electron chi connectivity index (χ0n) is 18.0. The molecule has 31 heavy (non-hydrogen) atoms. The van der Waals surface area contributed by atoms with Crippen molar-refractivity contribution in [2.24, 2.45) is 11.3 Å². The number of ketones is 1. The summed E-state index contributed by atoms with van der Waals surface area (Å²) in [6, 6.07) is 8.77. The largest absolute Gasteiger partial charge is 0.489 e. The lowest BCUT2D eigenvalue weighted by Crippen LogP contribution is -2.41. The molecule has 1 aromatic carbocycles. The van der Waals surface area contributed by atoms with Crippen LogP contribution in [0, 0.1) is 11.3 Å². The molecule has 0 unspecified atom stereocenters. The van der Waals surface area contributed by atoms with Crippen LogP contribution < -0.4 is 0 Å². The zero-order chi connectivity index (χ0) is 21.2. The minimum absolute atomic E-state index is 0.00745. The van der Waals surface area contributed by atoms with Crippen molar-refractivity contribution in [3.63, 3.8) is 0 Å². The Balaban J connectivity index is 1.43. The van der Waals surface area contributed by atoms with E-state index in [-0.39, 0.29) is 29.3 Å². The number of aromatic nitrogens is 1. The average molecular weight is 414 g/mol. The first-order valence-corrected chi connectivity index (χ1v) is 11.3. The van der Waals surface area contributed by atoms with E-state index in [4.69, 9.17) is 9.47 Å². The normalized spacial score (nSPS) is 34.1. The number of nitrogens with zero attached hydrogens (tertiary/aromatic N) is 1. The molecule has 0 amide bonds. The van der Waals surface area contributed by atoms with Gasteiger partial charge in [-0.1, -0.05) is 37.3 Å². The minimum Gasteiger partial charge on any atom is -0.489 e. The standard InChI is InChI=1S/C27H27NO3/c1-27-10-8-18-13-20-22(29)4-3-5-23(20)31-26(18)21(27)14-24(30-2)25(27)17-6-7-19-15-28-11-9-16(19)12-17/h6-13,15,21,24-26H,3-5,14H2,1-2H3/t21-,24+,25-,26+,27-/m0/s1.